The minimum atomic E-state index is 0.483. The van der Waals surface area contributed by atoms with Crippen LogP contribution in [0, 0.1) is 6.92 Å². The van der Waals surface area contributed by atoms with E-state index in [0.717, 1.165) is 12.5 Å². The highest BCUT2D eigenvalue weighted by Gasteiger charge is 2.16. The number of rotatable bonds is 4. The van der Waals surface area contributed by atoms with Crippen LogP contribution in [0.25, 0.3) is 0 Å². The second kappa shape index (κ2) is 7.32. The molecule has 1 unspecified atom stereocenters. The fourth-order valence-electron chi connectivity index (χ4n) is 2.80. The molecule has 110 valence electrons. The molecule has 1 aliphatic carbocycles. The van der Waals surface area contributed by atoms with Gasteiger partial charge in [-0.15, -0.1) is 0 Å². The number of guanidine groups is 1. The SMILES string of the molecule is CN=C(NCC(C)c1cccc(C)c1)NC1CCCC1. The Balaban J connectivity index is 1.83. The molecule has 0 spiro atoms. The van der Waals surface area contributed by atoms with Gasteiger partial charge in [-0.3, -0.25) is 4.99 Å². The zero-order valence-electron chi connectivity index (χ0n) is 12.9. The number of nitrogens with one attached hydrogen (secondary N) is 2. The lowest BCUT2D eigenvalue weighted by molar-refractivity contribution is 0.605. The van der Waals surface area contributed by atoms with Crippen molar-refractivity contribution in [1.29, 1.82) is 0 Å². The first-order valence-corrected chi connectivity index (χ1v) is 7.73. The molecular weight excluding hydrogens is 246 g/mol. The maximum absolute atomic E-state index is 4.33. The van der Waals surface area contributed by atoms with Crippen molar-refractivity contribution in [1.82, 2.24) is 10.6 Å². The maximum Gasteiger partial charge on any atom is 0.191 e. The fourth-order valence-corrected chi connectivity index (χ4v) is 2.80. The Kier molecular flexibility index (Phi) is 5.45. The van der Waals surface area contributed by atoms with E-state index in [1.165, 1.54) is 36.8 Å². The Morgan fingerprint density at radius 3 is 2.75 bits per heavy atom. The lowest BCUT2D eigenvalue weighted by atomic mass is 9.99. The Hall–Kier alpha value is -1.51. The molecule has 1 fully saturated rings. The summed E-state index contributed by atoms with van der Waals surface area (Å²) in [6, 6.07) is 9.35. The molecular formula is C17H27N3. The third kappa shape index (κ3) is 4.26. The molecule has 0 amide bonds. The van der Waals surface area contributed by atoms with Crippen molar-refractivity contribution in [3.63, 3.8) is 0 Å². The highest BCUT2D eigenvalue weighted by atomic mass is 15.2. The summed E-state index contributed by atoms with van der Waals surface area (Å²) in [7, 11) is 1.85. The summed E-state index contributed by atoms with van der Waals surface area (Å²) >= 11 is 0. The third-order valence-corrected chi connectivity index (χ3v) is 4.11. The van der Waals surface area contributed by atoms with Gasteiger partial charge in [0.25, 0.3) is 0 Å². The van der Waals surface area contributed by atoms with E-state index in [1.54, 1.807) is 0 Å². The van der Waals surface area contributed by atoms with E-state index >= 15 is 0 Å². The topological polar surface area (TPSA) is 36.4 Å². The van der Waals surface area contributed by atoms with E-state index in [2.05, 4.69) is 53.7 Å². The van der Waals surface area contributed by atoms with Gasteiger partial charge in [0.2, 0.25) is 0 Å². The molecule has 0 saturated heterocycles. The zero-order chi connectivity index (χ0) is 14.4. The number of aliphatic imine (C=N–C) groups is 1. The first-order chi connectivity index (χ1) is 9.69. The normalized spacial score (nSPS) is 18.1. The molecule has 2 rings (SSSR count). The Labute approximate surface area is 122 Å². The summed E-state index contributed by atoms with van der Waals surface area (Å²) in [4.78, 5) is 4.33. The lowest BCUT2D eigenvalue weighted by Gasteiger charge is -2.19. The van der Waals surface area contributed by atoms with Gasteiger partial charge in [-0.05, 0) is 31.2 Å². The number of hydrogen-bond donors (Lipinski definition) is 2. The Morgan fingerprint density at radius 2 is 2.10 bits per heavy atom. The summed E-state index contributed by atoms with van der Waals surface area (Å²) in [5.41, 5.74) is 2.71. The second-order valence-electron chi connectivity index (χ2n) is 5.89. The van der Waals surface area contributed by atoms with Crippen LogP contribution in [0.5, 0.6) is 0 Å². The monoisotopic (exact) mass is 273 g/mol. The van der Waals surface area contributed by atoms with Crippen LogP contribution in [-0.2, 0) is 0 Å². The number of aryl methyl sites for hydroxylation is 1. The van der Waals surface area contributed by atoms with Crippen molar-refractivity contribution in [3.8, 4) is 0 Å². The van der Waals surface area contributed by atoms with Crippen molar-refractivity contribution in [2.75, 3.05) is 13.6 Å². The lowest BCUT2D eigenvalue weighted by Crippen LogP contribution is -2.43. The summed E-state index contributed by atoms with van der Waals surface area (Å²) in [5, 5.41) is 6.98. The quantitative estimate of drug-likeness (QED) is 0.653. The third-order valence-electron chi connectivity index (χ3n) is 4.11. The van der Waals surface area contributed by atoms with Crippen LogP contribution in [0.15, 0.2) is 29.3 Å². The van der Waals surface area contributed by atoms with E-state index in [9.17, 15) is 0 Å². The highest BCUT2D eigenvalue weighted by molar-refractivity contribution is 5.80. The van der Waals surface area contributed by atoms with Gasteiger partial charge in [0.1, 0.15) is 0 Å². The van der Waals surface area contributed by atoms with E-state index in [-0.39, 0.29) is 0 Å². The predicted octanol–water partition coefficient (Wildman–Crippen LogP) is 3.21. The molecule has 0 aromatic heterocycles. The Morgan fingerprint density at radius 1 is 1.35 bits per heavy atom. The first-order valence-electron chi connectivity index (χ1n) is 7.73. The van der Waals surface area contributed by atoms with Crippen LogP contribution >= 0.6 is 0 Å². The van der Waals surface area contributed by atoms with Crippen molar-refractivity contribution in [3.05, 3.63) is 35.4 Å². The highest BCUT2D eigenvalue weighted by Crippen LogP contribution is 2.18. The van der Waals surface area contributed by atoms with Crippen LogP contribution in [0.2, 0.25) is 0 Å². The van der Waals surface area contributed by atoms with Crippen LogP contribution in [0.1, 0.15) is 49.7 Å². The largest absolute Gasteiger partial charge is 0.356 e. The minimum Gasteiger partial charge on any atom is -0.356 e. The molecule has 3 nitrogen and oxygen atoms in total. The van der Waals surface area contributed by atoms with Crippen LogP contribution in [0.3, 0.4) is 0 Å². The molecule has 1 saturated carbocycles. The summed E-state index contributed by atoms with van der Waals surface area (Å²) < 4.78 is 0. The number of benzene rings is 1. The van der Waals surface area contributed by atoms with E-state index < -0.39 is 0 Å². The average molecular weight is 273 g/mol. The molecule has 1 aromatic rings. The molecule has 1 aliphatic rings. The molecule has 0 radical (unpaired) electrons. The smallest absolute Gasteiger partial charge is 0.191 e. The molecule has 0 bridgehead atoms. The number of nitrogens with zero attached hydrogens (tertiary/aromatic N) is 1. The first kappa shape index (κ1) is 14.9. The van der Waals surface area contributed by atoms with Crippen LogP contribution < -0.4 is 10.6 Å². The predicted molar refractivity (Wildman–Crippen MR) is 86.3 cm³/mol. The standard InChI is InChI=1S/C17H27N3/c1-13-7-6-8-15(11-13)14(2)12-19-17(18-3)20-16-9-4-5-10-16/h6-8,11,14,16H,4-5,9-10,12H2,1-3H3,(H2,18,19,20). The number of hydrogen-bond acceptors (Lipinski definition) is 1. The van der Waals surface area contributed by atoms with Gasteiger partial charge in [-0.2, -0.15) is 0 Å². The summed E-state index contributed by atoms with van der Waals surface area (Å²) in [5.74, 6) is 1.42. The molecule has 1 aromatic carbocycles. The van der Waals surface area contributed by atoms with E-state index in [4.69, 9.17) is 0 Å². The molecule has 3 heteroatoms. The van der Waals surface area contributed by atoms with Gasteiger partial charge in [-0.1, -0.05) is 49.6 Å². The van der Waals surface area contributed by atoms with Crippen molar-refractivity contribution < 1.29 is 0 Å². The van der Waals surface area contributed by atoms with Gasteiger partial charge in [-0.25, -0.2) is 0 Å². The van der Waals surface area contributed by atoms with E-state index in [1.807, 2.05) is 7.05 Å². The fraction of sp³-hybridized carbons (Fsp3) is 0.588. The van der Waals surface area contributed by atoms with Crippen LogP contribution in [0.4, 0.5) is 0 Å². The molecule has 20 heavy (non-hydrogen) atoms. The Bertz CT molecular complexity index is 447. The van der Waals surface area contributed by atoms with Crippen molar-refractivity contribution >= 4 is 5.96 Å². The summed E-state index contributed by atoms with van der Waals surface area (Å²) in [6.45, 7) is 5.31. The van der Waals surface area contributed by atoms with Crippen molar-refractivity contribution in [2.24, 2.45) is 4.99 Å². The average Bonchev–Trinajstić information content (AvgIpc) is 2.96. The zero-order valence-corrected chi connectivity index (χ0v) is 12.9. The van der Waals surface area contributed by atoms with Crippen LogP contribution in [-0.4, -0.2) is 25.6 Å². The molecule has 0 heterocycles. The minimum absolute atomic E-state index is 0.483. The second-order valence-corrected chi connectivity index (χ2v) is 5.89. The van der Waals surface area contributed by atoms with E-state index in [0.29, 0.717) is 12.0 Å². The molecule has 2 N–H and O–H groups in total. The molecule has 1 atom stereocenters. The maximum atomic E-state index is 4.33. The van der Waals surface area contributed by atoms with Crippen molar-refractivity contribution in [2.45, 2.75) is 51.5 Å². The van der Waals surface area contributed by atoms with Gasteiger partial charge < -0.3 is 10.6 Å². The van der Waals surface area contributed by atoms with Gasteiger partial charge in [0.05, 0.1) is 0 Å². The van der Waals surface area contributed by atoms with Gasteiger partial charge in [0, 0.05) is 19.6 Å². The van der Waals surface area contributed by atoms with Gasteiger partial charge in [0.15, 0.2) is 5.96 Å². The molecule has 0 aliphatic heterocycles. The van der Waals surface area contributed by atoms with Gasteiger partial charge >= 0.3 is 0 Å². The summed E-state index contributed by atoms with van der Waals surface area (Å²) in [6.07, 6.45) is 5.23.